The zero-order valence-corrected chi connectivity index (χ0v) is 11.8. The minimum atomic E-state index is 0.0848. The second kappa shape index (κ2) is 6.59. The van der Waals surface area contributed by atoms with Gasteiger partial charge in [-0.2, -0.15) is 0 Å². The van der Waals surface area contributed by atoms with Gasteiger partial charge in [0.25, 0.3) is 0 Å². The Labute approximate surface area is 118 Å². The van der Waals surface area contributed by atoms with E-state index in [1.807, 2.05) is 24.3 Å². The number of aliphatic hydroxyl groups is 2. The molecule has 0 saturated heterocycles. The molecule has 0 saturated carbocycles. The average Bonchev–Trinajstić information content (AvgIpc) is 2.46. The van der Waals surface area contributed by atoms with Crippen molar-refractivity contribution in [2.24, 2.45) is 0 Å². The summed E-state index contributed by atoms with van der Waals surface area (Å²) in [5, 5.41) is 20.3. The standard InChI is InChI=1S/C16H20O4/c1-19-15-9-14-10-16(20-2)12(4-6-18)8-13(14)7-11(15)3-5-17/h7-10,17-18H,3-6H2,1-2H3. The van der Waals surface area contributed by atoms with E-state index in [1.54, 1.807) is 14.2 Å². The second-order valence-corrected chi connectivity index (χ2v) is 4.62. The summed E-state index contributed by atoms with van der Waals surface area (Å²) in [4.78, 5) is 0. The van der Waals surface area contributed by atoms with E-state index in [1.165, 1.54) is 0 Å². The number of benzene rings is 2. The van der Waals surface area contributed by atoms with Crippen LogP contribution in [0.2, 0.25) is 0 Å². The smallest absolute Gasteiger partial charge is 0.122 e. The number of hydrogen-bond donors (Lipinski definition) is 2. The highest BCUT2D eigenvalue weighted by molar-refractivity contribution is 5.87. The molecule has 108 valence electrons. The molecule has 20 heavy (non-hydrogen) atoms. The molecule has 4 nitrogen and oxygen atoms in total. The number of methoxy groups -OCH3 is 2. The fourth-order valence-corrected chi connectivity index (χ4v) is 2.41. The Balaban J connectivity index is 2.59. The van der Waals surface area contributed by atoms with Crippen molar-refractivity contribution in [3.8, 4) is 11.5 Å². The highest BCUT2D eigenvalue weighted by Gasteiger charge is 2.09. The molecule has 0 aliphatic heterocycles. The van der Waals surface area contributed by atoms with Crippen LogP contribution in [0.3, 0.4) is 0 Å². The first kappa shape index (κ1) is 14.6. The topological polar surface area (TPSA) is 58.9 Å². The Bertz CT molecular complexity index is 544. The van der Waals surface area contributed by atoms with Gasteiger partial charge in [0, 0.05) is 13.2 Å². The van der Waals surface area contributed by atoms with E-state index in [0.717, 1.165) is 33.4 Å². The van der Waals surface area contributed by atoms with Gasteiger partial charge >= 0.3 is 0 Å². The molecule has 2 rings (SSSR count). The van der Waals surface area contributed by atoms with Crippen LogP contribution >= 0.6 is 0 Å². The molecule has 4 heteroatoms. The summed E-state index contributed by atoms with van der Waals surface area (Å²) >= 11 is 0. The van der Waals surface area contributed by atoms with E-state index in [-0.39, 0.29) is 13.2 Å². The largest absolute Gasteiger partial charge is 0.496 e. The third-order valence-electron chi connectivity index (χ3n) is 3.40. The van der Waals surface area contributed by atoms with Crippen LogP contribution in [0.15, 0.2) is 24.3 Å². The van der Waals surface area contributed by atoms with Crippen LogP contribution in [0.5, 0.6) is 11.5 Å². The predicted molar refractivity (Wildman–Crippen MR) is 78.6 cm³/mol. The fraction of sp³-hybridized carbons (Fsp3) is 0.375. The van der Waals surface area contributed by atoms with E-state index < -0.39 is 0 Å². The predicted octanol–water partition coefficient (Wildman–Crippen LogP) is 1.93. The molecule has 0 bridgehead atoms. The second-order valence-electron chi connectivity index (χ2n) is 4.62. The summed E-state index contributed by atoms with van der Waals surface area (Å²) in [5.74, 6) is 1.53. The van der Waals surface area contributed by atoms with E-state index in [0.29, 0.717) is 12.8 Å². The van der Waals surface area contributed by atoms with Crippen molar-refractivity contribution in [1.82, 2.24) is 0 Å². The molecule has 0 amide bonds. The number of fused-ring (bicyclic) bond motifs is 1. The van der Waals surface area contributed by atoms with Crippen LogP contribution in [0.4, 0.5) is 0 Å². The maximum Gasteiger partial charge on any atom is 0.122 e. The van der Waals surface area contributed by atoms with Gasteiger partial charge < -0.3 is 19.7 Å². The first-order valence-electron chi connectivity index (χ1n) is 6.62. The molecule has 0 aliphatic carbocycles. The van der Waals surface area contributed by atoms with Gasteiger partial charge in [-0.05, 0) is 59.0 Å². The molecule has 0 aromatic heterocycles. The number of hydrogen-bond acceptors (Lipinski definition) is 4. The molecular weight excluding hydrogens is 256 g/mol. The maximum atomic E-state index is 9.12. The maximum absolute atomic E-state index is 9.12. The number of aliphatic hydroxyl groups excluding tert-OH is 2. The van der Waals surface area contributed by atoms with Crippen molar-refractivity contribution in [3.05, 3.63) is 35.4 Å². The highest BCUT2D eigenvalue weighted by atomic mass is 16.5. The van der Waals surface area contributed by atoms with Gasteiger partial charge in [0.15, 0.2) is 0 Å². The summed E-state index contributed by atoms with van der Waals surface area (Å²) in [7, 11) is 3.25. The minimum Gasteiger partial charge on any atom is -0.496 e. The van der Waals surface area contributed by atoms with E-state index in [9.17, 15) is 0 Å². The lowest BCUT2D eigenvalue weighted by molar-refractivity contribution is 0.297. The highest BCUT2D eigenvalue weighted by Crippen LogP contribution is 2.31. The number of ether oxygens (including phenoxy) is 2. The fourth-order valence-electron chi connectivity index (χ4n) is 2.41. The molecule has 0 spiro atoms. The summed E-state index contributed by atoms with van der Waals surface area (Å²) in [6.45, 7) is 0.170. The Kier molecular flexibility index (Phi) is 4.82. The lowest BCUT2D eigenvalue weighted by Gasteiger charge is -2.13. The Morgan fingerprint density at radius 1 is 0.750 bits per heavy atom. The first-order valence-corrected chi connectivity index (χ1v) is 6.62. The van der Waals surface area contributed by atoms with Crippen molar-refractivity contribution < 1.29 is 19.7 Å². The van der Waals surface area contributed by atoms with E-state index >= 15 is 0 Å². The van der Waals surface area contributed by atoms with Gasteiger partial charge in [-0.3, -0.25) is 0 Å². The van der Waals surface area contributed by atoms with Crippen LogP contribution in [-0.4, -0.2) is 37.6 Å². The van der Waals surface area contributed by atoms with E-state index in [4.69, 9.17) is 19.7 Å². The molecule has 2 aromatic rings. The van der Waals surface area contributed by atoms with Gasteiger partial charge in [-0.25, -0.2) is 0 Å². The molecule has 0 fully saturated rings. The molecular formula is C16H20O4. The van der Waals surface area contributed by atoms with Crippen LogP contribution in [0.1, 0.15) is 11.1 Å². The summed E-state index contributed by atoms with van der Waals surface area (Å²) in [6, 6.07) is 7.94. The van der Waals surface area contributed by atoms with Gasteiger partial charge in [0.2, 0.25) is 0 Å². The zero-order chi connectivity index (χ0) is 14.5. The van der Waals surface area contributed by atoms with Crippen LogP contribution in [-0.2, 0) is 12.8 Å². The van der Waals surface area contributed by atoms with Crippen molar-refractivity contribution in [1.29, 1.82) is 0 Å². The molecule has 0 atom stereocenters. The lowest BCUT2D eigenvalue weighted by Crippen LogP contribution is -1.98. The Hall–Kier alpha value is -1.78. The molecule has 0 radical (unpaired) electrons. The third-order valence-corrected chi connectivity index (χ3v) is 3.40. The lowest BCUT2D eigenvalue weighted by atomic mass is 10.00. The summed E-state index contributed by atoms with van der Waals surface area (Å²) in [6.07, 6.45) is 1.11. The quantitative estimate of drug-likeness (QED) is 0.846. The molecule has 0 unspecified atom stereocenters. The van der Waals surface area contributed by atoms with Gasteiger partial charge in [-0.1, -0.05) is 0 Å². The normalized spacial score (nSPS) is 10.8. The van der Waals surface area contributed by atoms with E-state index in [2.05, 4.69) is 0 Å². The number of rotatable bonds is 6. The molecule has 2 aromatic carbocycles. The van der Waals surface area contributed by atoms with Crippen molar-refractivity contribution in [2.45, 2.75) is 12.8 Å². The molecule has 0 aliphatic rings. The van der Waals surface area contributed by atoms with Gasteiger partial charge in [-0.15, -0.1) is 0 Å². The average molecular weight is 276 g/mol. The first-order chi connectivity index (χ1) is 9.73. The third kappa shape index (κ3) is 2.86. The van der Waals surface area contributed by atoms with Gasteiger partial charge in [0.1, 0.15) is 11.5 Å². The SMILES string of the molecule is COc1cc2cc(OC)c(CCO)cc2cc1CCO. The van der Waals surface area contributed by atoms with Crippen LogP contribution in [0.25, 0.3) is 10.8 Å². The van der Waals surface area contributed by atoms with Crippen molar-refractivity contribution in [3.63, 3.8) is 0 Å². The van der Waals surface area contributed by atoms with Crippen LogP contribution < -0.4 is 9.47 Å². The van der Waals surface area contributed by atoms with Crippen molar-refractivity contribution in [2.75, 3.05) is 27.4 Å². The van der Waals surface area contributed by atoms with Gasteiger partial charge in [0.05, 0.1) is 14.2 Å². The Morgan fingerprint density at radius 3 is 1.50 bits per heavy atom. The monoisotopic (exact) mass is 276 g/mol. The zero-order valence-electron chi connectivity index (χ0n) is 11.8. The van der Waals surface area contributed by atoms with Crippen molar-refractivity contribution >= 4 is 10.8 Å². The molecule has 0 heterocycles. The Morgan fingerprint density at radius 2 is 1.15 bits per heavy atom. The summed E-state index contributed by atoms with van der Waals surface area (Å²) in [5.41, 5.74) is 1.95. The van der Waals surface area contributed by atoms with Crippen LogP contribution in [0, 0.1) is 0 Å². The minimum absolute atomic E-state index is 0.0848. The molecule has 2 N–H and O–H groups in total. The summed E-state index contributed by atoms with van der Waals surface area (Å²) < 4.78 is 10.7.